The molecule has 0 saturated carbocycles. The zero-order valence-electron chi connectivity index (χ0n) is 10.7. The molecule has 2 heterocycles. The molecule has 0 radical (unpaired) electrons. The number of methoxy groups -OCH3 is 1. The molecule has 1 saturated heterocycles. The Labute approximate surface area is 111 Å². The molecule has 102 valence electrons. The van der Waals surface area contributed by atoms with E-state index >= 15 is 0 Å². The van der Waals surface area contributed by atoms with E-state index in [1.54, 1.807) is 6.07 Å². The molecule has 6 nitrogen and oxygen atoms in total. The minimum atomic E-state index is -1.04. The Kier molecular flexibility index (Phi) is 4.11. The number of ether oxygens (including phenoxy) is 1. The predicted molar refractivity (Wildman–Crippen MR) is 66.6 cm³/mol. The number of carbonyl (C=O) groups excluding carboxylic acids is 1. The average Bonchev–Trinajstić information content (AvgIpc) is 2.86. The van der Waals surface area contributed by atoms with Crippen LogP contribution in [0.25, 0.3) is 0 Å². The highest BCUT2D eigenvalue weighted by atomic mass is 16.5. The van der Waals surface area contributed by atoms with Gasteiger partial charge in [0.2, 0.25) is 0 Å². The van der Waals surface area contributed by atoms with Crippen LogP contribution in [0.1, 0.15) is 28.9 Å². The second kappa shape index (κ2) is 5.79. The molecule has 1 atom stereocenters. The fourth-order valence-electron chi connectivity index (χ4n) is 2.30. The number of esters is 1. The summed E-state index contributed by atoms with van der Waals surface area (Å²) in [5.74, 6) is -1.26. The van der Waals surface area contributed by atoms with Crippen LogP contribution in [0.3, 0.4) is 0 Å². The third-order valence-electron chi connectivity index (χ3n) is 3.27. The summed E-state index contributed by atoms with van der Waals surface area (Å²) in [4.78, 5) is 28.2. The van der Waals surface area contributed by atoms with Crippen molar-refractivity contribution in [1.29, 1.82) is 0 Å². The van der Waals surface area contributed by atoms with Gasteiger partial charge in [-0.05, 0) is 31.0 Å². The van der Waals surface area contributed by atoms with Gasteiger partial charge in [0.25, 0.3) is 0 Å². The van der Waals surface area contributed by atoms with Crippen molar-refractivity contribution < 1.29 is 19.4 Å². The summed E-state index contributed by atoms with van der Waals surface area (Å²) in [6.45, 7) is 1.41. The van der Waals surface area contributed by atoms with Crippen LogP contribution in [0.4, 0.5) is 0 Å². The van der Waals surface area contributed by atoms with Crippen molar-refractivity contribution in [2.45, 2.75) is 25.4 Å². The van der Waals surface area contributed by atoms with Crippen LogP contribution in [-0.4, -0.2) is 46.6 Å². The number of pyridine rings is 1. The zero-order valence-corrected chi connectivity index (χ0v) is 10.7. The Balaban J connectivity index is 2.04. The van der Waals surface area contributed by atoms with Gasteiger partial charge in [-0.3, -0.25) is 9.69 Å². The summed E-state index contributed by atoms with van der Waals surface area (Å²) in [5, 5.41) is 8.77. The number of rotatable bonds is 4. The first-order valence-corrected chi connectivity index (χ1v) is 6.12. The Hall–Kier alpha value is -1.95. The van der Waals surface area contributed by atoms with E-state index in [1.165, 1.54) is 19.4 Å². The van der Waals surface area contributed by atoms with E-state index in [2.05, 4.69) is 4.98 Å². The lowest BCUT2D eigenvalue weighted by molar-refractivity contribution is -0.146. The summed E-state index contributed by atoms with van der Waals surface area (Å²) in [6, 6.07) is 2.99. The standard InChI is InChI=1S/C13H16N2O4/c1-19-13(18)11-3-2-6-15(11)8-9-4-5-10(12(16)17)14-7-9/h4-5,7,11H,2-3,6,8H2,1H3,(H,16,17). The van der Waals surface area contributed by atoms with E-state index in [4.69, 9.17) is 9.84 Å². The Morgan fingerprint density at radius 1 is 1.53 bits per heavy atom. The smallest absolute Gasteiger partial charge is 0.354 e. The second-order valence-electron chi connectivity index (χ2n) is 4.51. The Morgan fingerprint density at radius 3 is 2.89 bits per heavy atom. The molecule has 0 spiro atoms. The average molecular weight is 264 g/mol. The molecule has 1 unspecified atom stereocenters. The molecular weight excluding hydrogens is 248 g/mol. The maximum absolute atomic E-state index is 11.6. The Bertz CT molecular complexity index is 472. The lowest BCUT2D eigenvalue weighted by Crippen LogP contribution is -2.36. The summed E-state index contributed by atoms with van der Waals surface area (Å²) in [6.07, 6.45) is 3.30. The number of aromatic carboxylic acids is 1. The molecule has 1 aromatic rings. The van der Waals surface area contributed by atoms with Crippen LogP contribution in [-0.2, 0) is 16.1 Å². The van der Waals surface area contributed by atoms with Crippen molar-refractivity contribution in [2.24, 2.45) is 0 Å². The monoisotopic (exact) mass is 264 g/mol. The van der Waals surface area contributed by atoms with Gasteiger partial charge in [-0.25, -0.2) is 9.78 Å². The molecule has 1 N–H and O–H groups in total. The fourth-order valence-corrected chi connectivity index (χ4v) is 2.30. The molecule has 19 heavy (non-hydrogen) atoms. The number of aromatic nitrogens is 1. The summed E-state index contributed by atoms with van der Waals surface area (Å²) in [7, 11) is 1.39. The molecule has 1 aliphatic heterocycles. The van der Waals surface area contributed by atoms with Gasteiger partial charge in [0.05, 0.1) is 7.11 Å². The molecule has 0 amide bonds. The molecule has 6 heteroatoms. The number of nitrogens with zero attached hydrogens (tertiary/aromatic N) is 2. The highest BCUT2D eigenvalue weighted by molar-refractivity contribution is 5.85. The third kappa shape index (κ3) is 3.08. The van der Waals surface area contributed by atoms with Gasteiger partial charge in [-0.1, -0.05) is 6.07 Å². The van der Waals surface area contributed by atoms with Crippen LogP contribution >= 0.6 is 0 Å². The second-order valence-corrected chi connectivity index (χ2v) is 4.51. The molecule has 0 aromatic carbocycles. The molecule has 0 bridgehead atoms. The zero-order chi connectivity index (χ0) is 13.8. The summed E-state index contributed by atoms with van der Waals surface area (Å²) < 4.78 is 4.78. The molecule has 2 rings (SSSR count). The number of carboxylic acid groups (broad SMARTS) is 1. The number of carboxylic acids is 1. The predicted octanol–water partition coefficient (Wildman–Crippen LogP) is 0.917. The van der Waals surface area contributed by atoms with Gasteiger partial charge < -0.3 is 9.84 Å². The van der Waals surface area contributed by atoms with Crippen LogP contribution in [0.5, 0.6) is 0 Å². The number of hydrogen-bond acceptors (Lipinski definition) is 5. The van der Waals surface area contributed by atoms with Crippen molar-refractivity contribution in [2.75, 3.05) is 13.7 Å². The van der Waals surface area contributed by atoms with Crippen molar-refractivity contribution in [3.05, 3.63) is 29.6 Å². The normalized spacial score (nSPS) is 19.3. The van der Waals surface area contributed by atoms with E-state index in [-0.39, 0.29) is 17.7 Å². The lowest BCUT2D eigenvalue weighted by Gasteiger charge is -2.22. The summed E-state index contributed by atoms with van der Waals surface area (Å²) in [5.41, 5.74) is 0.912. The first-order chi connectivity index (χ1) is 9.11. The van der Waals surface area contributed by atoms with Gasteiger partial charge in [0, 0.05) is 12.7 Å². The minimum Gasteiger partial charge on any atom is -0.477 e. The van der Waals surface area contributed by atoms with E-state index in [1.807, 2.05) is 4.90 Å². The first-order valence-electron chi connectivity index (χ1n) is 6.12. The van der Waals surface area contributed by atoms with Gasteiger partial charge in [0.15, 0.2) is 0 Å². The molecule has 1 aliphatic rings. The van der Waals surface area contributed by atoms with E-state index in [9.17, 15) is 9.59 Å². The highest BCUT2D eigenvalue weighted by Gasteiger charge is 2.31. The van der Waals surface area contributed by atoms with Gasteiger partial charge in [0.1, 0.15) is 11.7 Å². The number of likely N-dealkylation sites (tertiary alicyclic amines) is 1. The van der Waals surface area contributed by atoms with Crippen molar-refractivity contribution >= 4 is 11.9 Å². The minimum absolute atomic E-state index is 0.0229. The van der Waals surface area contributed by atoms with Crippen molar-refractivity contribution in [1.82, 2.24) is 9.88 Å². The van der Waals surface area contributed by atoms with Gasteiger partial charge >= 0.3 is 11.9 Å². The third-order valence-corrected chi connectivity index (χ3v) is 3.27. The van der Waals surface area contributed by atoms with E-state index in [0.717, 1.165) is 24.9 Å². The molecule has 1 aromatic heterocycles. The lowest BCUT2D eigenvalue weighted by atomic mass is 10.2. The van der Waals surface area contributed by atoms with Crippen LogP contribution in [0.2, 0.25) is 0 Å². The maximum Gasteiger partial charge on any atom is 0.354 e. The quantitative estimate of drug-likeness (QED) is 0.814. The van der Waals surface area contributed by atoms with E-state index in [0.29, 0.717) is 6.54 Å². The molecule has 0 aliphatic carbocycles. The van der Waals surface area contributed by atoms with Crippen LogP contribution in [0, 0.1) is 0 Å². The molecule has 1 fully saturated rings. The summed E-state index contributed by atoms with van der Waals surface area (Å²) >= 11 is 0. The number of carbonyl (C=O) groups is 2. The SMILES string of the molecule is COC(=O)C1CCCN1Cc1ccc(C(=O)O)nc1. The fraction of sp³-hybridized carbons (Fsp3) is 0.462. The van der Waals surface area contributed by atoms with Crippen molar-refractivity contribution in [3.63, 3.8) is 0 Å². The van der Waals surface area contributed by atoms with Gasteiger partial charge in [-0.2, -0.15) is 0 Å². The Morgan fingerprint density at radius 2 is 2.32 bits per heavy atom. The molecular formula is C13H16N2O4. The first kappa shape index (κ1) is 13.5. The topological polar surface area (TPSA) is 79.7 Å². The highest BCUT2D eigenvalue weighted by Crippen LogP contribution is 2.20. The number of hydrogen-bond donors (Lipinski definition) is 1. The van der Waals surface area contributed by atoms with E-state index < -0.39 is 5.97 Å². The van der Waals surface area contributed by atoms with Crippen molar-refractivity contribution in [3.8, 4) is 0 Å². The largest absolute Gasteiger partial charge is 0.477 e. The maximum atomic E-state index is 11.6. The van der Waals surface area contributed by atoms with Crippen LogP contribution < -0.4 is 0 Å². The van der Waals surface area contributed by atoms with Gasteiger partial charge in [-0.15, -0.1) is 0 Å². The van der Waals surface area contributed by atoms with Crippen LogP contribution in [0.15, 0.2) is 18.3 Å².